The van der Waals surface area contributed by atoms with Gasteiger partial charge in [-0.15, -0.1) is 0 Å². The summed E-state index contributed by atoms with van der Waals surface area (Å²) in [5, 5.41) is 9.35. The van der Waals surface area contributed by atoms with Crippen LogP contribution in [0.5, 0.6) is 0 Å². The van der Waals surface area contributed by atoms with Gasteiger partial charge < -0.3 is 0 Å². The third-order valence-electron chi connectivity index (χ3n) is 29.8. The summed E-state index contributed by atoms with van der Waals surface area (Å²) < 4.78 is 27.1. The topological polar surface area (TPSA) is 52.6 Å². The summed E-state index contributed by atoms with van der Waals surface area (Å²) in [6.45, 7) is 32.7. The summed E-state index contributed by atoms with van der Waals surface area (Å²) >= 11 is -9.18. The van der Waals surface area contributed by atoms with Crippen LogP contribution >= 0.6 is 17.2 Å². The van der Waals surface area contributed by atoms with Gasteiger partial charge in [0.05, 0.1) is 0 Å². The van der Waals surface area contributed by atoms with Crippen molar-refractivity contribution < 1.29 is 32.3 Å². The first-order valence-electron chi connectivity index (χ1n) is 42.5. The van der Waals surface area contributed by atoms with Crippen LogP contribution in [0.2, 0.25) is 13.1 Å². The predicted molar refractivity (Wildman–Crippen MR) is 503 cm³/mol. The molecular formula is C110H96Cl2HfO4Si2. The number of furan rings is 4. The molecule has 0 bridgehead atoms. The van der Waals surface area contributed by atoms with Gasteiger partial charge in [0.1, 0.15) is 0 Å². The predicted octanol–water partition coefficient (Wildman–Crippen LogP) is 30.1. The second kappa shape index (κ2) is 24.7. The zero-order chi connectivity index (χ0) is 81.9. The molecule has 4 aliphatic carbocycles. The van der Waals surface area contributed by atoms with Crippen molar-refractivity contribution in [1.29, 1.82) is 0 Å². The number of halogens is 2. The Kier molecular flexibility index (Phi) is 15.5. The monoisotopic (exact) mass is 1790 g/mol. The molecule has 6 aliphatic rings. The van der Waals surface area contributed by atoms with Crippen LogP contribution in [0, 0.1) is 0 Å². The Labute approximate surface area is 705 Å². The first-order chi connectivity index (χ1) is 56.9. The molecule has 2 aliphatic heterocycles. The van der Waals surface area contributed by atoms with Gasteiger partial charge in [0, 0.05) is 0 Å². The molecule has 5 spiro atoms. The minimum atomic E-state index is -9.18. The van der Waals surface area contributed by atoms with Crippen LogP contribution in [0.1, 0.15) is 174 Å². The first-order valence-corrected chi connectivity index (χ1v) is 63.2. The van der Waals surface area contributed by atoms with Crippen LogP contribution in [0.3, 0.4) is 0 Å². The molecule has 2 saturated heterocycles. The summed E-state index contributed by atoms with van der Waals surface area (Å²) in [7, 11) is 18.5. The normalized spacial score (nSPS) is 22.8. The molecule has 4 unspecified atom stereocenters. The van der Waals surface area contributed by atoms with Crippen molar-refractivity contribution in [1.82, 2.24) is 0 Å². The fourth-order valence-corrected chi connectivity index (χ4v) is 191. The number of fused-ring (bicyclic) bond motifs is 16. The Balaban J connectivity index is 1.02. The van der Waals surface area contributed by atoms with E-state index in [9.17, 15) is 17.2 Å². The van der Waals surface area contributed by atoms with Gasteiger partial charge in [0.2, 0.25) is 0 Å². The summed E-state index contributed by atoms with van der Waals surface area (Å²) in [6, 6.07) is 110. The quantitative estimate of drug-likeness (QED) is 0.142. The number of hydrogen-bond acceptors (Lipinski definition) is 4. The third-order valence-corrected chi connectivity index (χ3v) is 145. The van der Waals surface area contributed by atoms with E-state index in [2.05, 4.69) is 412 Å². The zero-order valence-corrected chi connectivity index (χ0v) is 77.5. The summed E-state index contributed by atoms with van der Waals surface area (Å²) in [5.41, 5.74) is 20.4. The van der Waals surface area contributed by atoms with Crippen molar-refractivity contribution >= 4 is 124 Å². The van der Waals surface area contributed by atoms with E-state index in [1.54, 1.807) is 0 Å². The summed E-state index contributed by atoms with van der Waals surface area (Å²) in [4.78, 5) is 0. The Morgan fingerprint density at radius 2 is 0.454 bits per heavy atom. The Morgan fingerprint density at radius 3 is 0.655 bits per heavy atom. The molecule has 0 radical (unpaired) electrons. The van der Waals surface area contributed by atoms with E-state index >= 15 is 0 Å². The van der Waals surface area contributed by atoms with E-state index in [0.29, 0.717) is 0 Å². The van der Waals surface area contributed by atoms with Crippen LogP contribution in [0.4, 0.5) is 0 Å². The third kappa shape index (κ3) is 8.99. The van der Waals surface area contributed by atoms with Crippen LogP contribution < -0.4 is 0 Å². The Hall–Kier alpha value is -10.4. The van der Waals surface area contributed by atoms with Crippen molar-refractivity contribution in [2.75, 3.05) is 0 Å². The SMILES string of the molecule is C[SiH]1[C]2(C(c3ccc(C(C)(C)C)o3)=Cc3c(-c4ccc5ccccc5c4)cccc32)[Hf]2([Cl])([Cl])([C]13C(c1ccc(C(C)(C)C)o1)=Cc1c(-c4ccc5ccccc5c4)cccc13)[C]1(C(c3ccc(C(C)(C)C)o3)=Cc3c(-c4ccc5ccccc5c4)cccc31)[SiH](C)[C]21C(c2ccc(C(C)(C)C)o2)=Cc2c(-c3ccc4ccccc4c3)cccc21. The van der Waals surface area contributed by atoms with Gasteiger partial charge in [-0.3, -0.25) is 0 Å². The van der Waals surface area contributed by atoms with Crippen LogP contribution in [-0.4, -0.2) is 17.6 Å². The van der Waals surface area contributed by atoms with Crippen molar-refractivity contribution in [3.8, 4) is 44.5 Å². The van der Waals surface area contributed by atoms with E-state index in [4.69, 9.17) is 17.7 Å². The summed E-state index contributed by atoms with van der Waals surface area (Å²) in [5.74, 6) is 6.61. The molecule has 9 heteroatoms. The maximum atomic E-state index is 12.5. The molecule has 22 rings (SSSR count). The number of allylic oxidation sites excluding steroid dienone is 4. The molecule has 119 heavy (non-hydrogen) atoms. The molecule has 2 fully saturated rings. The molecule has 4 nitrogen and oxygen atoms in total. The van der Waals surface area contributed by atoms with Crippen LogP contribution in [-0.2, 0) is 47.5 Å². The number of hydrogen-bond donors (Lipinski definition) is 0. The minimum absolute atomic E-state index is 0.410. The Morgan fingerprint density at radius 1 is 0.244 bits per heavy atom. The van der Waals surface area contributed by atoms with E-state index in [1.165, 1.54) is 21.5 Å². The molecule has 0 saturated carbocycles. The van der Waals surface area contributed by atoms with Crippen molar-refractivity contribution in [2.45, 2.75) is 129 Å². The van der Waals surface area contributed by atoms with Crippen molar-refractivity contribution in [3.05, 3.63) is 382 Å². The van der Waals surface area contributed by atoms with Gasteiger partial charge >= 0.3 is 712 Å². The van der Waals surface area contributed by atoms with Crippen LogP contribution in [0.25, 0.3) is 134 Å². The van der Waals surface area contributed by atoms with Gasteiger partial charge in [0.25, 0.3) is 0 Å². The average molecular weight is 1790 g/mol. The second-order valence-electron chi connectivity index (χ2n) is 39.5. The van der Waals surface area contributed by atoms with Gasteiger partial charge in [0.15, 0.2) is 0 Å². The van der Waals surface area contributed by atoms with Gasteiger partial charge in [-0.2, -0.15) is 0 Å². The molecule has 586 valence electrons. The fourth-order valence-electron chi connectivity index (χ4n) is 25.5. The number of benzene rings is 12. The van der Waals surface area contributed by atoms with Gasteiger partial charge in [-0.25, -0.2) is 0 Å². The standard InChI is InChI=1S/2C55H48O2Si.2ClH.Hf/c2*1-54(2,3)50-28-26-48(56-50)46-32-44-40(38-24-22-34-14-8-10-16-36(34)30-38)18-12-20-42(44)52(46)58(7)53-43-21-13-19-41(39-25-23-35-15-9-11-17-37(35)31-39)45(43)33-47(53)49-27-29-51(57-49)55(4,5)6;;;/h2*8-33,58H,1-7H3;2*1H;/q;;;;+2/p-2. The van der Waals surface area contributed by atoms with E-state index < -0.39 is 65.1 Å². The van der Waals surface area contributed by atoms with Crippen molar-refractivity contribution in [2.24, 2.45) is 0 Å². The average Bonchev–Trinajstić information content (AvgIpc) is 1.48. The molecule has 4 atom stereocenters. The van der Waals surface area contributed by atoms with Crippen LogP contribution in [0.15, 0.2) is 309 Å². The second-order valence-corrected chi connectivity index (χ2v) is 93.8. The molecule has 16 aromatic rings. The Bertz CT molecular complexity index is 6420. The van der Waals surface area contributed by atoms with E-state index in [1.807, 2.05) is 0 Å². The molecule has 0 N–H and O–H groups in total. The first kappa shape index (κ1) is 74.9. The van der Waals surface area contributed by atoms with Crippen molar-refractivity contribution in [3.63, 3.8) is 0 Å². The molecule has 6 heterocycles. The molecule has 4 aromatic heterocycles. The van der Waals surface area contributed by atoms with E-state index in [-0.39, 0.29) is 0 Å². The molecular weight excluding hydrogens is 1690 g/mol. The molecule has 12 aromatic carbocycles. The zero-order valence-electron chi connectivity index (χ0n) is 70.1. The van der Waals surface area contributed by atoms with Gasteiger partial charge in [-0.05, 0) is 0 Å². The maximum absolute atomic E-state index is 12.5. The molecule has 0 amide bonds. The number of rotatable bonds is 8. The summed E-state index contributed by atoms with van der Waals surface area (Å²) in [6.07, 6.45) is 10.3. The fraction of sp³-hybridized carbons (Fsp3) is 0.200. The van der Waals surface area contributed by atoms with E-state index in [0.717, 1.165) is 179 Å². The van der Waals surface area contributed by atoms with Gasteiger partial charge in [-0.1, -0.05) is 0 Å².